The fraction of sp³-hybridized carbons (Fsp3) is 0.889. The highest BCUT2D eigenvalue weighted by Crippen LogP contribution is 2.15. The van der Waals surface area contributed by atoms with Gasteiger partial charge in [0.25, 0.3) is 0 Å². The molecule has 0 spiro atoms. The van der Waals surface area contributed by atoms with Crippen molar-refractivity contribution in [3.8, 4) is 0 Å². The van der Waals surface area contributed by atoms with Gasteiger partial charge in [0.2, 0.25) is 0 Å². The van der Waals surface area contributed by atoms with Crippen LogP contribution in [0.4, 0.5) is 0 Å². The first-order chi connectivity index (χ1) is 5.50. The van der Waals surface area contributed by atoms with E-state index >= 15 is 0 Å². The van der Waals surface area contributed by atoms with E-state index in [9.17, 15) is 4.79 Å². The number of carbonyl (C=O) groups is 1. The van der Waals surface area contributed by atoms with Crippen molar-refractivity contribution in [3.05, 3.63) is 0 Å². The van der Waals surface area contributed by atoms with Crippen LogP contribution in [0, 0.1) is 5.41 Å². The van der Waals surface area contributed by atoms with Gasteiger partial charge >= 0.3 is 5.97 Å². The summed E-state index contributed by atoms with van der Waals surface area (Å²) in [5, 5.41) is 3.18. The lowest BCUT2D eigenvalue weighted by Crippen LogP contribution is -2.46. The van der Waals surface area contributed by atoms with E-state index in [0.29, 0.717) is 12.6 Å². The molecule has 1 saturated heterocycles. The molecule has 0 aliphatic carbocycles. The van der Waals surface area contributed by atoms with Gasteiger partial charge in [-0.1, -0.05) is 0 Å². The van der Waals surface area contributed by atoms with E-state index in [-0.39, 0.29) is 11.4 Å². The Labute approximate surface area is 73.5 Å². The lowest BCUT2D eigenvalue weighted by Gasteiger charge is -2.28. The van der Waals surface area contributed by atoms with Gasteiger partial charge in [0.15, 0.2) is 0 Å². The Kier molecular flexibility index (Phi) is 2.73. The van der Waals surface area contributed by atoms with Crippen LogP contribution >= 0.6 is 0 Å². The molecule has 0 aromatic rings. The minimum atomic E-state index is -0.371. The van der Waals surface area contributed by atoms with Crippen LogP contribution in [-0.4, -0.2) is 25.2 Å². The van der Waals surface area contributed by atoms with Crippen molar-refractivity contribution in [3.63, 3.8) is 0 Å². The van der Waals surface area contributed by atoms with Gasteiger partial charge in [0, 0.05) is 6.04 Å². The molecule has 0 bridgehead atoms. The second-order valence-corrected chi connectivity index (χ2v) is 4.29. The van der Waals surface area contributed by atoms with Crippen LogP contribution < -0.4 is 5.32 Å². The van der Waals surface area contributed by atoms with Gasteiger partial charge in [-0.05, 0) is 33.7 Å². The molecule has 1 N–H and O–H groups in total. The van der Waals surface area contributed by atoms with Gasteiger partial charge in [0.05, 0.1) is 5.41 Å². The van der Waals surface area contributed by atoms with E-state index in [1.54, 1.807) is 0 Å². The summed E-state index contributed by atoms with van der Waals surface area (Å²) in [5.41, 5.74) is -0.371. The van der Waals surface area contributed by atoms with Crippen molar-refractivity contribution in [2.24, 2.45) is 5.41 Å². The number of ether oxygens (including phenoxy) is 1. The van der Waals surface area contributed by atoms with Gasteiger partial charge in [-0.3, -0.25) is 4.79 Å². The molecule has 1 fully saturated rings. The Hall–Kier alpha value is -0.570. The highest BCUT2D eigenvalue weighted by atomic mass is 16.5. The SMILES string of the molecule is CC(C)(C)C(=O)OCC1CCN1. The zero-order chi connectivity index (χ0) is 9.19. The molecule has 3 heteroatoms. The number of hydrogen-bond acceptors (Lipinski definition) is 3. The Morgan fingerprint density at radius 1 is 1.58 bits per heavy atom. The monoisotopic (exact) mass is 171 g/mol. The molecule has 12 heavy (non-hydrogen) atoms. The lowest BCUT2D eigenvalue weighted by atomic mass is 9.97. The standard InChI is InChI=1S/C9H17NO2/c1-9(2,3)8(11)12-6-7-4-5-10-7/h7,10H,4-6H2,1-3H3. The molecule has 0 amide bonds. The number of carbonyl (C=O) groups excluding carboxylic acids is 1. The number of hydrogen-bond donors (Lipinski definition) is 1. The highest BCUT2D eigenvalue weighted by Gasteiger charge is 2.25. The molecule has 0 saturated carbocycles. The molecule has 1 heterocycles. The molecule has 70 valence electrons. The quantitative estimate of drug-likeness (QED) is 0.628. The molecule has 3 nitrogen and oxygen atoms in total. The maximum atomic E-state index is 11.3. The molecule has 1 atom stereocenters. The molecule has 1 rings (SSSR count). The van der Waals surface area contributed by atoms with Crippen LogP contribution in [0.15, 0.2) is 0 Å². The Balaban J connectivity index is 2.17. The van der Waals surface area contributed by atoms with E-state index in [2.05, 4.69) is 5.32 Å². The average Bonchev–Trinajstić information content (AvgIpc) is 1.81. The van der Waals surface area contributed by atoms with E-state index in [0.717, 1.165) is 13.0 Å². The normalized spacial score (nSPS) is 23.1. The first kappa shape index (κ1) is 9.52. The van der Waals surface area contributed by atoms with Crippen molar-refractivity contribution < 1.29 is 9.53 Å². The summed E-state index contributed by atoms with van der Waals surface area (Å²) in [7, 11) is 0. The van der Waals surface area contributed by atoms with Crippen molar-refractivity contribution in [1.82, 2.24) is 5.32 Å². The molecule has 0 radical (unpaired) electrons. The fourth-order valence-electron chi connectivity index (χ4n) is 0.884. The van der Waals surface area contributed by atoms with E-state index in [1.165, 1.54) is 0 Å². The van der Waals surface area contributed by atoms with Gasteiger partial charge in [-0.25, -0.2) is 0 Å². The number of esters is 1. The summed E-state index contributed by atoms with van der Waals surface area (Å²) < 4.78 is 5.11. The maximum absolute atomic E-state index is 11.3. The highest BCUT2D eigenvalue weighted by molar-refractivity contribution is 5.75. The van der Waals surface area contributed by atoms with Crippen LogP contribution in [0.25, 0.3) is 0 Å². The van der Waals surface area contributed by atoms with E-state index < -0.39 is 0 Å². The Morgan fingerprint density at radius 3 is 2.50 bits per heavy atom. The third-order valence-electron chi connectivity index (χ3n) is 1.95. The average molecular weight is 171 g/mol. The summed E-state index contributed by atoms with van der Waals surface area (Å²) in [6.45, 7) is 7.17. The first-order valence-electron chi connectivity index (χ1n) is 4.41. The molecular weight excluding hydrogens is 154 g/mol. The van der Waals surface area contributed by atoms with Crippen molar-refractivity contribution >= 4 is 5.97 Å². The van der Waals surface area contributed by atoms with Crippen molar-refractivity contribution in [2.75, 3.05) is 13.2 Å². The number of rotatable bonds is 2. The zero-order valence-electron chi connectivity index (χ0n) is 8.02. The third-order valence-corrected chi connectivity index (χ3v) is 1.95. The van der Waals surface area contributed by atoms with E-state index in [1.807, 2.05) is 20.8 Å². The molecule has 1 aliphatic rings. The maximum Gasteiger partial charge on any atom is 0.311 e. The minimum absolute atomic E-state index is 0.115. The summed E-state index contributed by atoms with van der Waals surface area (Å²) in [6.07, 6.45) is 1.12. The topological polar surface area (TPSA) is 38.3 Å². The van der Waals surface area contributed by atoms with Crippen LogP contribution in [0.5, 0.6) is 0 Å². The van der Waals surface area contributed by atoms with Gasteiger partial charge in [0.1, 0.15) is 6.61 Å². The predicted molar refractivity (Wildman–Crippen MR) is 46.8 cm³/mol. The summed E-state index contributed by atoms with van der Waals surface area (Å²) in [5.74, 6) is -0.115. The van der Waals surface area contributed by atoms with Crippen molar-refractivity contribution in [2.45, 2.75) is 33.2 Å². The van der Waals surface area contributed by atoms with Crippen LogP contribution in [0.1, 0.15) is 27.2 Å². The Morgan fingerprint density at radius 2 is 2.17 bits per heavy atom. The molecule has 1 aliphatic heterocycles. The van der Waals surface area contributed by atoms with Gasteiger partial charge in [-0.2, -0.15) is 0 Å². The second-order valence-electron chi connectivity index (χ2n) is 4.29. The number of nitrogens with one attached hydrogen (secondary N) is 1. The molecule has 1 unspecified atom stereocenters. The summed E-state index contributed by atoms with van der Waals surface area (Å²) in [4.78, 5) is 11.3. The van der Waals surface area contributed by atoms with Crippen molar-refractivity contribution in [1.29, 1.82) is 0 Å². The first-order valence-corrected chi connectivity index (χ1v) is 4.41. The minimum Gasteiger partial charge on any atom is -0.464 e. The smallest absolute Gasteiger partial charge is 0.311 e. The third kappa shape index (κ3) is 2.48. The summed E-state index contributed by atoms with van der Waals surface area (Å²) >= 11 is 0. The Bertz CT molecular complexity index is 168. The van der Waals surface area contributed by atoms with Gasteiger partial charge in [-0.15, -0.1) is 0 Å². The van der Waals surface area contributed by atoms with Crippen LogP contribution in [-0.2, 0) is 9.53 Å². The van der Waals surface area contributed by atoms with Crippen LogP contribution in [0.2, 0.25) is 0 Å². The zero-order valence-corrected chi connectivity index (χ0v) is 8.02. The predicted octanol–water partition coefficient (Wildman–Crippen LogP) is 0.938. The van der Waals surface area contributed by atoms with Gasteiger partial charge < -0.3 is 10.1 Å². The second kappa shape index (κ2) is 3.44. The summed E-state index contributed by atoms with van der Waals surface area (Å²) in [6, 6.07) is 0.399. The molecular formula is C9H17NO2. The molecule has 0 aromatic heterocycles. The molecule has 0 aromatic carbocycles. The lowest BCUT2D eigenvalue weighted by molar-refractivity contribution is -0.154. The van der Waals surface area contributed by atoms with Crippen LogP contribution in [0.3, 0.4) is 0 Å². The largest absolute Gasteiger partial charge is 0.464 e. The fourth-order valence-corrected chi connectivity index (χ4v) is 0.884. The van der Waals surface area contributed by atoms with E-state index in [4.69, 9.17) is 4.74 Å².